The number of ether oxygens (including phenoxy) is 2. The van der Waals surface area contributed by atoms with Gasteiger partial charge in [-0.1, -0.05) is 0 Å². The minimum absolute atomic E-state index is 0.00510. The van der Waals surface area contributed by atoms with Gasteiger partial charge < -0.3 is 65.8 Å². The quantitative estimate of drug-likeness (QED) is 0.0625. The molecule has 0 aliphatic carbocycles. The van der Waals surface area contributed by atoms with E-state index in [4.69, 9.17) is 40.7 Å². The second-order valence-corrected chi connectivity index (χ2v) is 17.0. The number of aromatic nitrogens is 8. The van der Waals surface area contributed by atoms with Crippen molar-refractivity contribution < 1.29 is 90.1 Å². The number of fused-ring (bicyclic) bond motifs is 2. The van der Waals surface area contributed by atoms with E-state index in [1.165, 1.54) is 28.1 Å². The fraction of sp³-hybridized carbons (Fsp3) is 0.500. The van der Waals surface area contributed by atoms with Crippen LogP contribution < -0.4 is 17.0 Å². The van der Waals surface area contributed by atoms with Crippen LogP contribution in [0, 0.1) is 0 Å². The Labute approximate surface area is 298 Å². The molecule has 6 heterocycles. The number of hydrogen-bond acceptors (Lipinski definition) is 22. The average Bonchev–Trinajstić information content (AvgIpc) is 3.80. The van der Waals surface area contributed by atoms with E-state index < -0.39 is 93.0 Å². The number of aromatic amines is 1. The van der Waals surface area contributed by atoms with Crippen LogP contribution >= 0.6 is 31.3 Å². The molecule has 2 aliphatic heterocycles. The molecule has 300 valence electrons. The maximum absolute atomic E-state index is 11.9. The second kappa shape index (κ2) is 15.8. The first-order chi connectivity index (χ1) is 25.0. The zero-order chi connectivity index (χ0) is 40.0. The molecule has 0 saturated carbocycles. The molecule has 2 fully saturated rings. The number of phosphoric acid groups is 4. The summed E-state index contributed by atoms with van der Waals surface area (Å²) >= 11 is 0. The van der Waals surface area contributed by atoms with E-state index >= 15 is 0 Å². The van der Waals surface area contributed by atoms with Crippen molar-refractivity contribution in [3.63, 3.8) is 0 Å². The summed E-state index contributed by atoms with van der Waals surface area (Å²) < 4.78 is 74.0. The van der Waals surface area contributed by atoms with Crippen LogP contribution in [-0.4, -0.2) is 128 Å². The molecule has 2 saturated heterocycles. The number of aliphatic hydroxyl groups excluding tert-OH is 4. The normalized spacial score (nSPS) is 28.0. The number of rotatable bonds is 12. The van der Waals surface area contributed by atoms with Gasteiger partial charge in [0, 0.05) is 6.42 Å². The minimum Gasteiger partial charge on any atom is -0.394 e. The Morgan fingerprint density at radius 1 is 0.815 bits per heavy atom. The average molecular weight is 854 g/mol. The highest BCUT2D eigenvalue weighted by Gasteiger charge is 2.46. The Morgan fingerprint density at radius 3 is 2.09 bits per heavy atom. The lowest BCUT2D eigenvalue weighted by Crippen LogP contribution is -2.33. The highest BCUT2D eigenvalue weighted by atomic mass is 31.3. The zero-order valence-electron chi connectivity index (χ0n) is 26.5. The number of phosphoric ester groups is 1. The molecule has 6 rings (SSSR count). The van der Waals surface area contributed by atoms with Crippen LogP contribution in [0.4, 0.5) is 11.8 Å². The van der Waals surface area contributed by atoms with Gasteiger partial charge in [0.05, 0.1) is 32.0 Å². The summed E-state index contributed by atoms with van der Waals surface area (Å²) in [5.74, 6) is -0.00851. The van der Waals surface area contributed by atoms with Crippen LogP contribution in [0.1, 0.15) is 18.9 Å². The van der Waals surface area contributed by atoms with Gasteiger partial charge in [-0.3, -0.25) is 23.4 Å². The lowest BCUT2D eigenvalue weighted by Gasteiger charge is -2.20. The Morgan fingerprint density at radius 2 is 1.44 bits per heavy atom. The number of nitrogens with one attached hydrogen (secondary N) is 1. The van der Waals surface area contributed by atoms with Crippen molar-refractivity contribution in [2.75, 3.05) is 24.7 Å². The molecule has 34 heteroatoms. The van der Waals surface area contributed by atoms with Crippen LogP contribution in [0.25, 0.3) is 22.3 Å². The standard InChI is InChI=1S/C10H17N5O16P4.C10H13N5O4/c11-10-13-8-7(9(17)14-10)12-3-15(8)6-1-4(16)5(28-6)2-27-33(21,22)30-35(25,26)31-34(23,24)29-32(18,19)20;11-8-5-9(13-2-12-8)15(3-14-5)10-7(18)6(17)4(1-16)19-10/h3-6,16H,1-2H2,(H,21,22)(H,23,24)(H,25,26)(H2,18,19,20)(H3,11,13,14,17);2-4,6-7,10,16-18H,1H2,(H2,11,12,13)/t4-,5+,6+;4-,6-,7-,10-/m01/s1. The molecule has 4 aromatic heterocycles. The van der Waals surface area contributed by atoms with Crippen LogP contribution in [-0.2, 0) is 45.2 Å². The van der Waals surface area contributed by atoms with Crippen LogP contribution in [0.5, 0.6) is 0 Å². The molecule has 0 amide bonds. The van der Waals surface area contributed by atoms with Gasteiger partial charge in [-0.25, -0.2) is 38.2 Å². The summed E-state index contributed by atoms with van der Waals surface area (Å²) in [6.45, 7) is -1.33. The van der Waals surface area contributed by atoms with Gasteiger partial charge in [0.1, 0.15) is 42.5 Å². The van der Waals surface area contributed by atoms with Crippen LogP contribution in [0.3, 0.4) is 0 Å². The Balaban J connectivity index is 0.000000246. The van der Waals surface area contributed by atoms with Crippen molar-refractivity contribution in [1.29, 1.82) is 0 Å². The first-order valence-electron chi connectivity index (χ1n) is 14.4. The summed E-state index contributed by atoms with van der Waals surface area (Å²) in [5.41, 5.74) is 11.2. The van der Waals surface area contributed by atoms with Crippen LogP contribution in [0.2, 0.25) is 0 Å². The molecule has 14 N–H and O–H groups in total. The van der Waals surface area contributed by atoms with Gasteiger partial charge in [-0.05, 0) is 0 Å². The zero-order valence-corrected chi connectivity index (χ0v) is 30.1. The van der Waals surface area contributed by atoms with Crippen molar-refractivity contribution >= 4 is 65.4 Å². The van der Waals surface area contributed by atoms with Crippen molar-refractivity contribution in [2.45, 2.75) is 49.4 Å². The van der Waals surface area contributed by atoms with E-state index in [9.17, 15) is 48.2 Å². The number of anilines is 2. The molecular formula is C20H30N10O20P4. The van der Waals surface area contributed by atoms with Gasteiger partial charge >= 0.3 is 31.3 Å². The molecule has 0 radical (unpaired) electrons. The smallest absolute Gasteiger partial charge is 0.394 e. The minimum atomic E-state index is -5.97. The third-order valence-electron chi connectivity index (χ3n) is 7.17. The highest BCUT2D eigenvalue weighted by molar-refractivity contribution is 7.69. The monoisotopic (exact) mass is 854 g/mol. The van der Waals surface area contributed by atoms with Crippen molar-refractivity contribution in [1.82, 2.24) is 39.0 Å². The second-order valence-electron chi connectivity index (χ2n) is 11.0. The maximum Gasteiger partial charge on any atom is 0.490 e. The number of H-pyrrole nitrogens is 1. The molecule has 30 nitrogen and oxygen atoms in total. The van der Waals surface area contributed by atoms with E-state index in [1.54, 1.807) is 0 Å². The Kier molecular flexibility index (Phi) is 12.2. The topological polar surface area (TPSA) is 465 Å². The Hall–Kier alpha value is -3.18. The predicted molar refractivity (Wildman–Crippen MR) is 171 cm³/mol. The number of aliphatic hydroxyl groups is 4. The van der Waals surface area contributed by atoms with Gasteiger partial charge in [-0.15, -0.1) is 0 Å². The maximum atomic E-state index is 11.9. The third kappa shape index (κ3) is 9.78. The summed E-state index contributed by atoms with van der Waals surface area (Å²) in [4.78, 5) is 78.7. The first-order valence-corrected chi connectivity index (χ1v) is 20.4. The summed E-state index contributed by atoms with van der Waals surface area (Å²) in [6.07, 6.45) is -4.11. The molecule has 0 spiro atoms. The lowest BCUT2D eigenvalue weighted by molar-refractivity contribution is -0.0511. The van der Waals surface area contributed by atoms with E-state index in [0.717, 1.165) is 0 Å². The first kappa shape index (κ1) is 42.0. The SMILES string of the molecule is Nc1nc2c(ncn2[C@H]2C[C@H](O)[C@@H](COP(=O)(O)OP(=O)(O)OP(=O)(O)OP(=O)(O)O)O2)c(=O)[nH]1.Nc1ncnc2c1ncn2[C@@H]1O[C@H](CO)[C@@H](O)[C@H]1O. The van der Waals surface area contributed by atoms with E-state index in [2.05, 4.69) is 47.4 Å². The molecule has 2 aliphatic rings. The molecule has 54 heavy (non-hydrogen) atoms. The van der Waals surface area contributed by atoms with E-state index in [0.29, 0.717) is 11.2 Å². The van der Waals surface area contributed by atoms with Crippen molar-refractivity contribution in [3.05, 3.63) is 29.3 Å². The fourth-order valence-corrected chi connectivity index (χ4v) is 9.43. The van der Waals surface area contributed by atoms with Crippen molar-refractivity contribution in [2.24, 2.45) is 0 Å². The summed E-state index contributed by atoms with van der Waals surface area (Å²) in [7, 11) is -23.2. The third-order valence-corrected chi connectivity index (χ3v) is 12.6. The number of imidazole rings is 2. The van der Waals surface area contributed by atoms with Crippen molar-refractivity contribution in [3.8, 4) is 0 Å². The number of nitrogens with zero attached hydrogens (tertiary/aromatic N) is 7. The lowest BCUT2D eigenvalue weighted by atomic mass is 10.1. The largest absolute Gasteiger partial charge is 0.490 e. The van der Waals surface area contributed by atoms with E-state index in [1.807, 2.05) is 0 Å². The molecule has 4 aromatic rings. The number of nitrogens with two attached hydrogens (primary N) is 2. The predicted octanol–water partition coefficient (Wildman–Crippen LogP) is -3.17. The summed E-state index contributed by atoms with van der Waals surface area (Å²) in [6, 6.07) is 0. The van der Waals surface area contributed by atoms with Gasteiger partial charge in [0.2, 0.25) is 5.95 Å². The van der Waals surface area contributed by atoms with Gasteiger partial charge in [0.25, 0.3) is 5.56 Å². The number of hydrogen-bond donors (Lipinski definition) is 12. The highest BCUT2D eigenvalue weighted by Crippen LogP contribution is 2.70. The number of nitrogen functional groups attached to an aromatic ring is 2. The van der Waals surface area contributed by atoms with E-state index in [-0.39, 0.29) is 29.4 Å². The molecule has 10 atom stereocenters. The molecular weight excluding hydrogens is 824 g/mol. The fourth-order valence-electron chi connectivity index (χ4n) is 4.97. The van der Waals surface area contributed by atoms with Crippen LogP contribution in [0.15, 0.2) is 23.8 Å². The Bertz CT molecular complexity index is 2250. The molecule has 3 unspecified atom stereocenters. The molecule has 0 bridgehead atoms. The van der Waals surface area contributed by atoms with Gasteiger partial charge in [-0.2, -0.15) is 17.9 Å². The summed E-state index contributed by atoms with van der Waals surface area (Å²) in [5, 5.41) is 38.9. The molecule has 0 aromatic carbocycles. The van der Waals surface area contributed by atoms with Gasteiger partial charge in [0.15, 0.2) is 28.9 Å².